The number of nitrogens with zero attached hydrogens (tertiary/aromatic N) is 3. The van der Waals surface area contributed by atoms with Crippen LogP contribution in [0.1, 0.15) is 18.5 Å². The van der Waals surface area contributed by atoms with Gasteiger partial charge in [0.2, 0.25) is 0 Å². The molecular weight excluding hydrogens is 328 g/mol. The molecule has 1 aromatic carbocycles. The molecule has 140 valence electrons. The maximum Gasteiger partial charge on any atom is 0.0924 e. The van der Waals surface area contributed by atoms with Crippen molar-refractivity contribution in [1.29, 1.82) is 0 Å². The van der Waals surface area contributed by atoms with Gasteiger partial charge in [-0.3, -0.25) is 14.9 Å². The second-order valence-electron chi connectivity index (χ2n) is 8.19. The van der Waals surface area contributed by atoms with Crippen molar-refractivity contribution in [1.82, 2.24) is 20.0 Å². The van der Waals surface area contributed by atoms with E-state index in [0.717, 1.165) is 64.3 Å². The van der Waals surface area contributed by atoms with Crippen molar-refractivity contribution >= 4 is 10.9 Å². The molecule has 0 radical (unpaired) electrons. The van der Waals surface area contributed by atoms with Crippen LogP contribution in [0.2, 0.25) is 0 Å². The zero-order valence-corrected chi connectivity index (χ0v) is 15.2. The summed E-state index contributed by atoms with van der Waals surface area (Å²) in [4.78, 5) is 5.00. The van der Waals surface area contributed by atoms with E-state index in [-0.39, 0.29) is 6.10 Å². The van der Waals surface area contributed by atoms with Crippen molar-refractivity contribution in [3.63, 3.8) is 0 Å². The smallest absolute Gasteiger partial charge is 0.0924 e. The number of hydrogen-bond donors (Lipinski definition) is 2. The highest BCUT2D eigenvalue weighted by molar-refractivity contribution is 5.81. The Morgan fingerprint density at radius 1 is 1.12 bits per heavy atom. The maximum absolute atomic E-state index is 10.7. The Balaban J connectivity index is 1.26. The van der Waals surface area contributed by atoms with Crippen LogP contribution >= 0.6 is 0 Å². The molecule has 5 rings (SSSR count). The summed E-state index contributed by atoms with van der Waals surface area (Å²) >= 11 is 0. The summed E-state index contributed by atoms with van der Waals surface area (Å²) in [5.74, 6) is 1.32. The predicted octanol–water partition coefficient (Wildman–Crippen LogP) is 1.47. The number of benzene rings is 1. The van der Waals surface area contributed by atoms with Gasteiger partial charge in [0.1, 0.15) is 0 Å². The van der Waals surface area contributed by atoms with Gasteiger partial charge >= 0.3 is 0 Å². The fraction of sp³-hybridized carbons (Fsp3) is 0.650. The predicted molar refractivity (Wildman–Crippen MR) is 99.8 cm³/mol. The van der Waals surface area contributed by atoms with Gasteiger partial charge in [0, 0.05) is 44.2 Å². The van der Waals surface area contributed by atoms with E-state index in [1.807, 2.05) is 6.07 Å². The number of rotatable bonds is 3. The number of morpholine rings is 1. The number of H-pyrrole nitrogens is 1. The largest absolute Gasteiger partial charge is 0.391 e. The van der Waals surface area contributed by atoms with Gasteiger partial charge in [-0.2, -0.15) is 5.10 Å². The molecule has 26 heavy (non-hydrogen) atoms. The number of likely N-dealkylation sites (tertiary alicyclic amines) is 1. The van der Waals surface area contributed by atoms with E-state index in [1.165, 1.54) is 11.1 Å². The van der Waals surface area contributed by atoms with Gasteiger partial charge in [0.25, 0.3) is 0 Å². The van der Waals surface area contributed by atoms with Crippen molar-refractivity contribution in [3.8, 4) is 0 Å². The molecule has 1 aromatic heterocycles. The average Bonchev–Trinajstić information content (AvgIpc) is 3.25. The number of aromatic amines is 1. The summed E-state index contributed by atoms with van der Waals surface area (Å²) in [5, 5.41) is 19.6. The molecular formula is C20H28N4O2. The van der Waals surface area contributed by atoms with Crippen LogP contribution in [0.25, 0.3) is 10.9 Å². The zero-order valence-electron chi connectivity index (χ0n) is 15.2. The normalized spacial score (nSPS) is 33.6. The molecule has 3 aliphatic rings. The Labute approximate surface area is 154 Å². The van der Waals surface area contributed by atoms with Gasteiger partial charge in [-0.25, -0.2) is 0 Å². The number of nitrogens with one attached hydrogen (secondary N) is 1. The average molecular weight is 356 g/mol. The van der Waals surface area contributed by atoms with Crippen LogP contribution in [0.4, 0.5) is 0 Å². The standard InChI is InChI=1S/C20H28N4O2/c25-20-10-15-12-23(13-18-16-3-1-2-4-17(16)21-22-18)11-14(15)9-19(20)24-5-7-26-8-6-24/h1-4,14-15,19-20,25H,5-13H2,(H,21,22)/t14-,15+,19-,20-/m1/s1. The topological polar surface area (TPSA) is 64.6 Å². The van der Waals surface area contributed by atoms with Crippen LogP contribution in [0.15, 0.2) is 24.3 Å². The summed E-state index contributed by atoms with van der Waals surface area (Å²) in [5.41, 5.74) is 2.26. The van der Waals surface area contributed by atoms with Crippen LogP contribution in [-0.4, -0.2) is 76.6 Å². The van der Waals surface area contributed by atoms with E-state index in [2.05, 4.69) is 38.2 Å². The summed E-state index contributed by atoms with van der Waals surface area (Å²) in [6, 6.07) is 8.63. The van der Waals surface area contributed by atoms with E-state index in [0.29, 0.717) is 17.9 Å². The van der Waals surface area contributed by atoms with E-state index < -0.39 is 0 Å². The van der Waals surface area contributed by atoms with E-state index >= 15 is 0 Å². The van der Waals surface area contributed by atoms with Crippen molar-refractivity contribution in [2.24, 2.45) is 11.8 Å². The fourth-order valence-electron chi connectivity index (χ4n) is 5.29. The van der Waals surface area contributed by atoms with Crippen LogP contribution < -0.4 is 0 Å². The minimum Gasteiger partial charge on any atom is -0.391 e. The van der Waals surface area contributed by atoms with E-state index in [1.54, 1.807) is 0 Å². The first-order valence-electron chi connectivity index (χ1n) is 9.92. The number of para-hydroxylation sites is 1. The van der Waals surface area contributed by atoms with Gasteiger partial charge in [-0.05, 0) is 30.7 Å². The van der Waals surface area contributed by atoms with Gasteiger partial charge in [-0.15, -0.1) is 0 Å². The third kappa shape index (κ3) is 3.05. The zero-order chi connectivity index (χ0) is 17.5. The Bertz CT molecular complexity index is 757. The molecule has 3 heterocycles. The van der Waals surface area contributed by atoms with Crippen molar-refractivity contribution in [2.75, 3.05) is 39.4 Å². The number of aliphatic hydroxyl groups excluding tert-OH is 1. The Kier molecular flexibility index (Phi) is 4.44. The molecule has 1 saturated carbocycles. The first-order valence-corrected chi connectivity index (χ1v) is 9.92. The minimum atomic E-state index is -0.192. The second-order valence-corrected chi connectivity index (χ2v) is 8.19. The van der Waals surface area contributed by atoms with Gasteiger partial charge in [0.15, 0.2) is 0 Å². The number of fused-ring (bicyclic) bond motifs is 2. The first kappa shape index (κ1) is 16.7. The third-order valence-corrected chi connectivity index (χ3v) is 6.62. The summed E-state index contributed by atoms with van der Waals surface area (Å²) in [7, 11) is 0. The first-order chi connectivity index (χ1) is 12.8. The summed E-state index contributed by atoms with van der Waals surface area (Å²) < 4.78 is 5.48. The van der Waals surface area contributed by atoms with Crippen molar-refractivity contribution in [3.05, 3.63) is 30.0 Å². The fourth-order valence-corrected chi connectivity index (χ4v) is 5.29. The molecule has 0 bridgehead atoms. The molecule has 2 saturated heterocycles. The van der Waals surface area contributed by atoms with Crippen LogP contribution in [0.3, 0.4) is 0 Å². The number of hydrogen-bond acceptors (Lipinski definition) is 5. The quantitative estimate of drug-likeness (QED) is 0.872. The third-order valence-electron chi connectivity index (χ3n) is 6.62. The highest BCUT2D eigenvalue weighted by Gasteiger charge is 2.43. The molecule has 6 heteroatoms. The maximum atomic E-state index is 10.7. The summed E-state index contributed by atoms with van der Waals surface area (Å²) in [6.07, 6.45) is 1.86. The lowest BCUT2D eigenvalue weighted by Gasteiger charge is -2.43. The van der Waals surface area contributed by atoms with E-state index in [9.17, 15) is 5.11 Å². The monoisotopic (exact) mass is 356 g/mol. The van der Waals surface area contributed by atoms with Gasteiger partial charge in [0.05, 0.1) is 30.5 Å². The van der Waals surface area contributed by atoms with Crippen molar-refractivity contribution in [2.45, 2.75) is 31.5 Å². The molecule has 4 atom stereocenters. The van der Waals surface area contributed by atoms with Crippen LogP contribution in [0.5, 0.6) is 0 Å². The lowest BCUT2D eigenvalue weighted by molar-refractivity contribution is -0.0520. The Morgan fingerprint density at radius 3 is 2.73 bits per heavy atom. The Hall–Kier alpha value is -1.47. The van der Waals surface area contributed by atoms with Crippen molar-refractivity contribution < 1.29 is 9.84 Å². The highest BCUT2D eigenvalue weighted by Crippen LogP contribution is 2.39. The SMILES string of the molecule is O[C@@H]1C[C@H]2CN(Cc3[nH]nc4ccccc34)C[C@H]2C[C@H]1N1CCOCC1. The Morgan fingerprint density at radius 2 is 1.88 bits per heavy atom. The number of aromatic nitrogens is 2. The van der Waals surface area contributed by atoms with Crippen LogP contribution in [-0.2, 0) is 11.3 Å². The molecule has 3 fully saturated rings. The molecule has 2 aliphatic heterocycles. The second kappa shape index (κ2) is 6.93. The molecule has 0 spiro atoms. The van der Waals surface area contributed by atoms with Crippen LogP contribution in [0, 0.1) is 11.8 Å². The van der Waals surface area contributed by atoms with Gasteiger partial charge in [-0.1, -0.05) is 18.2 Å². The molecule has 2 N–H and O–H groups in total. The van der Waals surface area contributed by atoms with E-state index in [4.69, 9.17) is 4.74 Å². The summed E-state index contributed by atoms with van der Waals surface area (Å²) in [6.45, 7) is 6.67. The molecule has 0 amide bonds. The minimum absolute atomic E-state index is 0.192. The molecule has 1 aliphatic carbocycles. The number of ether oxygens (including phenoxy) is 1. The van der Waals surface area contributed by atoms with Gasteiger partial charge < -0.3 is 9.84 Å². The molecule has 0 unspecified atom stereocenters. The lowest BCUT2D eigenvalue weighted by Crippen LogP contribution is -2.53. The lowest BCUT2D eigenvalue weighted by atomic mass is 9.77. The highest BCUT2D eigenvalue weighted by atomic mass is 16.5. The molecule has 2 aromatic rings. The molecule has 6 nitrogen and oxygen atoms in total. The number of aliphatic hydroxyl groups is 1.